The molecule has 0 N–H and O–H groups in total. The van der Waals surface area contributed by atoms with Crippen LogP contribution < -0.4 is 9.80 Å². The van der Waals surface area contributed by atoms with Crippen LogP contribution in [-0.2, 0) is 13.1 Å². The highest BCUT2D eigenvalue weighted by Gasteiger charge is 2.26. The van der Waals surface area contributed by atoms with Gasteiger partial charge in [0.2, 0.25) is 0 Å². The van der Waals surface area contributed by atoms with Gasteiger partial charge in [-0.05, 0) is 36.4 Å². The maximum atomic E-state index is 5.47. The van der Waals surface area contributed by atoms with E-state index in [2.05, 4.69) is 34.1 Å². The summed E-state index contributed by atoms with van der Waals surface area (Å²) in [5, 5.41) is 0. The van der Waals surface area contributed by atoms with Crippen molar-refractivity contribution in [3.05, 3.63) is 72.6 Å². The third-order valence-corrected chi connectivity index (χ3v) is 3.76. The molecule has 1 aromatic carbocycles. The van der Waals surface area contributed by atoms with Gasteiger partial charge in [-0.15, -0.1) is 0 Å². The van der Waals surface area contributed by atoms with Crippen LogP contribution in [-0.4, -0.2) is 6.67 Å². The molecule has 0 atom stereocenters. The van der Waals surface area contributed by atoms with Crippen LogP contribution in [0.4, 0.5) is 11.4 Å². The Kier molecular flexibility index (Phi) is 2.92. The highest BCUT2D eigenvalue weighted by molar-refractivity contribution is 5.76. The lowest BCUT2D eigenvalue weighted by Gasteiger charge is -2.20. The number of hydrogen-bond donors (Lipinski definition) is 0. The van der Waals surface area contributed by atoms with Crippen molar-refractivity contribution in [2.45, 2.75) is 13.1 Å². The van der Waals surface area contributed by atoms with Gasteiger partial charge in [-0.25, -0.2) is 0 Å². The van der Waals surface area contributed by atoms with Gasteiger partial charge in [0.25, 0.3) is 0 Å². The summed E-state index contributed by atoms with van der Waals surface area (Å²) in [6.45, 7) is 2.39. The molecule has 3 aromatic rings. The molecule has 0 unspecified atom stereocenters. The fourth-order valence-corrected chi connectivity index (χ4v) is 2.81. The SMILES string of the molecule is c1coc(CN2CN(Cc3ccco3)c3ccccc32)c1. The maximum Gasteiger partial charge on any atom is 0.123 e. The van der Waals surface area contributed by atoms with Crippen LogP contribution in [0.25, 0.3) is 0 Å². The van der Waals surface area contributed by atoms with Gasteiger partial charge >= 0.3 is 0 Å². The van der Waals surface area contributed by atoms with Gasteiger partial charge in [0.1, 0.15) is 11.5 Å². The first-order chi connectivity index (χ1) is 10.4. The summed E-state index contributed by atoms with van der Waals surface area (Å²) in [7, 11) is 0. The van der Waals surface area contributed by atoms with Crippen LogP contribution >= 0.6 is 0 Å². The molecule has 4 nitrogen and oxygen atoms in total. The predicted molar refractivity (Wildman–Crippen MR) is 81.1 cm³/mol. The predicted octanol–water partition coefficient (Wildman–Crippen LogP) is 3.86. The smallest absolute Gasteiger partial charge is 0.123 e. The average molecular weight is 280 g/mol. The largest absolute Gasteiger partial charge is 0.467 e. The quantitative estimate of drug-likeness (QED) is 0.726. The van der Waals surface area contributed by atoms with Crippen LogP contribution in [0, 0.1) is 0 Å². The summed E-state index contributed by atoms with van der Waals surface area (Å²) >= 11 is 0. The lowest BCUT2D eigenvalue weighted by molar-refractivity contribution is 0.493. The Morgan fingerprint density at radius 3 is 1.67 bits per heavy atom. The topological polar surface area (TPSA) is 32.8 Å². The lowest BCUT2D eigenvalue weighted by atomic mass is 10.2. The molecule has 1 aliphatic heterocycles. The maximum absolute atomic E-state index is 5.47. The van der Waals surface area contributed by atoms with Crippen molar-refractivity contribution >= 4 is 11.4 Å². The summed E-state index contributed by atoms with van der Waals surface area (Å²) in [4.78, 5) is 4.63. The summed E-state index contributed by atoms with van der Waals surface area (Å²) in [6, 6.07) is 16.3. The fraction of sp³-hybridized carbons (Fsp3) is 0.176. The van der Waals surface area contributed by atoms with E-state index in [0.29, 0.717) is 0 Å². The fourth-order valence-electron chi connectivity index (χ4n) is 2.81. The molecule has 0 spiro atoms. The van der Waals surface area contributed by atoms with Gasteiger partial charge in [-0.1, -0.05) is 12.1 Å². The third kappa shape index (κ3) is 2.29. The van der Waals surface area contributed by atoms with Crippen LogP contribution in [0.15, 0.2) is 69.9 Å². The van der Waals surface area contributed by atoms with Gasteiger partial charge in [0.15, 0.2) is 0 Å². The number of furan rings is 2. The van der Waals surface area contributed by atoms with E-state index >= 15 is 0 Å². The molecule has 4 heteroatoms. The Balaban J connectivity index is 1.60. The van der Waals surface area contributed by atoms with E-state index in [1.54, 1.807) is 12.5 Å². The molecule has 0 aliphatic carbocycles. The van der Waals surface area contributed by atoms with Crippen molar-refractivity contribution in [2.24, 2.45) is 0 Å². The molecule has 1 aliphatic rings. The number of anilines is 2. The molecule has 0 amide bonds. The van der Waals surface area contributed by atoms with E-state index in [1.165, 1.54) is 11.4 Å². The number of rotatable bonds is 4. The van der Waals surface area contributed by atoms with Gasteiger partial charge in [0, 0.05) is 0 Å². The molecule has 0 saturated heterocycles. The van der Waals surface area contributed by atoms with E-state index in [4.69, 9.17) is 8.83 Å². The molecular weight excluding hydrogens is 264 g/mol. The van der Waals surface area contributed by atoms with Gasteiger partial charge < -0.3 is 18.6 Å². The van der Waals surface area contributed by atoms with Crippen molar-refractivity contribution in [3.63, 3.8) is 0 Å². The summed E-state index contributed by atoms with van der Waals surface area (Å²) in [6.07, 6.45) is 3.44. The van der Waals surface area contributed by atoms with Crippen molar-refractivity contribution in [3.8, 4) is 0 Å². The zero-order valence-electron chi connectivity index (χ0n) is 11.6. The Labute approximate surface area is 123 Å². The lowest BCUT2D eigenvalue weighted by Crippen LogP contribution is -2.29. The highest BCUT2D eigenvalue weighted by Crippen LogP contribution is 2.37. The van der Waals surface area contributed by atoms with Crippen molar-refractivity contribution in [1.29, 1.82) is 0 Å². The number of benzene rings is 1. The minimum atomic E-state index is 0.776. The molecular formula is C17H16N2O2. The van der Waals surface area contributed by atoms with Crippen LogP contribution in [0.2, 0.25) is 0 Å². The van der Waals surface area contributed by atoms with E-state index in [9.17, 15) is 0 Å². The van der Waals surface area contributed by atoms with Crippen LogP contribution in [0.3, 0.4) is 0 Å². The molecule has 106 valence electrons. The minimum absolute atomic E-state index is 0.776. The van der Waals surface area contributed by atoms with Gasteiger partial charge in [-0.2, -0.15) is 0 Å². The molecule has 2 aromatic heterocycles. The number of para-hydroxylation sites is 2. The number of hydrogen-bond acceptors (Lipinski definition) is 4. The molecule has 0 bridgehead atoms. The zero-order chi connectivity index (χ0) is 14.1. The highest BCUT2D eigenvalue weighted by atomic mass is 16.3. The van der Waals surface area contributed by atoms with Gasteiger partial charge in [0.05, 0.1) is 43.7 Å². The number of fused-ring (bicyclic) bond motifs is 1. The average Bonchev–Trinajstić information content (AvgIpc) is 3.23. The van der Waals surface area contributed by atoms with Crippen molar-refractivity contribution in [2.75, 3.05) is 16.5 Å². The van der Waals surface area contributed by atoms with E-state index in [0.717, 1.165) is 31.3 Å². The Bertz CT molecular complexity index is 643. The first-order valence-corrected chi connectivity index (χ1v) is 7.04. The van der Waals surface area contributed by atoms with E-state index < -0.39 is 0 Å². The first kappa shape index (κ1) is 12.1. The monoisotopic (exact) mass is 280 g/mol. The second-order valence-corrected chi connectivity index (χ2v) is 5.18. The molecule has 21 heavy (non-hydrogen) atoms. The van der Waals surface area contributed by atoms with Gasteiger partial charge in [-0.3, -0.25) is 0 Å². The third-order valence-electron chi connectivity index (χ3n) is 3.76. The first-order valence-electron chi connectivity index (χ1n) is 7.04. The van der Waals surface area contributed by atoms with Crippen LogP contribution in [0.5, 0.6) is 0 Å². The summed E-state index contributed by atoms with van der Waals surface area (Å²) < 4.78 is 10.9. The van der Waals surface area contributed by atoms with Crippen LogP contribution in [0.1, 0.15) is 11.5 Å². The van der Waals surface area contributed by atoms with Crippen molar-refractivity contribution < 1.29 is 8.83 Å². The Morgan fingerprint density at radius 2 is 1.24 bits per heavy atom. The Morgan fingerprint density at radius 1 is 0.714 bits per heavy atom. The summed E-state index contributed by atoms with van der Waals surface area (Å²) in [5.74, 6) is 1.95. The van der Waals surface area contributed by atoms with E-state index in [1.807, 2.05) is 24.3 Å². The molecule has 0 saturated carbocycles. The normalized spacial score (nSPS) is 13.7. The second-order valence-electron chi connectivity index (χ2n) is 5.18. The molecule has 4 rings (SSSR count). The molecule has 0 fully saturated rings. The minimum Gasteiger partial charge on any atom is -0.467 e. The number of nitrogens with zero attached hydrogens (tertiary/aromatic N) is 2. The standard InChI is InChI=1S/C17H16N2O2/c1-2-8-17-16(7-1)18(11-14-5-3-9-20-14)13-19(17)12-15-6-4-10-21-15/h1-10H,11-13H2. The molecule has 0 radical (unpaired) electrons. The zero-order valence-corrected chi connectivity index (χ0v) is 11.6. The summed E-state index contributed by atoms with van der Waals surface area (Å²) in [5.41, 5.74) is 2.47. The molecule has 3 heterocycles. The second kappa shape index (κ2) is 5.05. The van der Waals surface area contributed by atoms with Crippen molar-refractivity contribution in [1.82, 2.24) is 0 Å². The Hall–Kier alpha value is -2.62. The van der Waals surface area contributed by atoms with E-state index in [-0.39, 0.29) is 0 Å².